The van der Waals surface area contributed by atoms with Crippen LogP contribution in [0.25, 0.3) is 0 Å². The summed E-state index contributed by atoms with van der Waals surface area (Å²) in [6.07, 6.45) is 1.16. The van der Waals surface area contributed by atoms with Crippen LogP contribution in [0.15, 0.2) is 18.2 Å². The molecule has 94 valence electrons. The second kappa shape index (κ2) is 5.34. The van der Waals surface area contributed by atoms with Crippen molar-refractivity contribution in [3.63, 3.8) is 0 Å². The van der Waals surface area contributed by atoms with E-state index in [1.54, 1.807) is 12.1 Å². The average molecular weight is 257 g/mol. The van der Waals surface area contributed by atoms with Gasteiger partial charge in [-0.1, -0.05) is 17.7 Å². The largest absolute Gasteiger partial charge is 0.306 e. The fourth-order valence-corrected chi connectivity index (χ4v) is 2.49. The van der Waals surface area contributed by atoms with Gasteiger partial charge in [-0.15, -0.1) is 0 Å². The van der Waals surface area contributed by atoms with Crippen molar-refractivity contribution in [1.82, 2.24) is 10.2 Å². The number of likely N-dealkylation sites (N-methyl/N-ethyl adjacent to an activating group) is 1. The van der Waals surface area contributed by atoms with Gasteiger partial charge >= 0.3 is 0 Å². The molecule has 0 amide bonds. The highest BCUT2D eigenvalue weighted by atomic mass is 35.5. The minimum atomic E-state index is -0.358. The molecule has 0 bridgehead atoms. The fourth-order valence-electron chi connectivity index (χ4n) is 2.30. The van der Waals surface area contributed by atoms with Gasteiger partial charge in [0, 0.05) is 18.6 Å². The molecule has 1 aromatic carbocycles. The Balaban J connectivity index is 1.99. The predicted molar refractivity (Wildman–Crippen MR) is 68.9 cm³/mol. The third-order valence-corrected chi connectivity index (χ3v) is 3.61. The molecule has 1 aromatic rings. The molecule has 0 aliphatic carbocycles. The van der Waals surface area contributed by atoms with Crippen molar-refractivity contribution in [3.05, 3.63) is 34.6 Å². The number of likely N-dealkylation sites (tertiary alicyclic amines) is 1. The summed E-state index contributed by atoms with van der Waals surface area (Å²) in [6, 6.07) is 5.63. The van der Waals surface area contributed by atoms with E-state index < -0.39 is 0 Å². The zero-order chi connectivity index (χ0) is 12.4. The van der Waals surface area contributed by atoms with Gasteiger partial charge in [-0.05, 0) is 44.6 Å². The Hall–Kier alpha value is -0.640. The highest BCUT2D eigenvalue weighted by Crippen LogP contribution is 2.22. The first-order valence-corrected chi connectivity index (χ1v) is 6.33. The minimum Gasteiger partial charge on any atom is -0.306 e. The van der Waals surface area contributed by atoms with Gasteiger partial charge in [-0.3, -0.25) is 0 Å². The lowest BCUT2D eigenvalue weighted by molar-refractivity contribution is 0.387. The predicted octanol–water partition coefficient (Wildman–Crippen LogP) is 2.83. The standard InChI is InChI=1S/C13H18ClFN2/c1-9(16-11-5-6-17(2)8-11)10-3-4-13(15)12(14)7-10/h3-4,7,9,11,16H,5-6,8H2,1-2H3. The zero-order valence-electron chi connectivity index (χ0n) is 10.2. The molecule has 1 saturated heterocycles. The number of hydrogen-bond acceptors (Lipinski definition) is 2. The van der Waals surface area contributed by atoms with Crippen LogP contribution < -0.4 is 5.32 Å². The lowest BCUT2D eigenvalue weighted by atomic mass is 10.1. The molecule has 2 unspecified atom stereocenters. The van der Waals surface area contributed by atoms with Gasteiger partial charge in [0.05, 0.1) is 5.02 Å². The van der Waals surface area contributed by atoms with Crippen LogP contribution in [0.5, 0.6) is 0 Å². The third-order valence-electron chi connectivity index (χ3n) is 3.32. The lowest BCUT2D eigenvalue weighted by Gasteiger charge is -2.20. The molecule has 0 radical (unpaired) electrons. The van der Waals surface area contributed by atoms with Crippen molar-refractivity contribution >= 4 is 11.6 Å². The van der Waals surface area contributed by atoms with Gasteiger partial charge in [-0.25, -0.2) is 4.39 Å². The number of rotatable bonds is 3. The molecular formula is C13H18ClFN2. The fraction of sp³-hybridized carbons (Fsp3) is 0.538. The Labute approximate surface area is 107 Å². The maximum Gasteiger partial charge on any atom is 0.141 e. The molecule has 2 nitrogen and oxygen atoms in total. The van der Waals surface area contributed by atoms with Gasteiger partial charge in [0.25, 0.3) is 0 Å². The molecule has 17 heavy (non-hydrogen) atoms. The van der Waals surface area contributed by atoms with Gasteiger partial charge in [0.2, 0.25) is 0 Å². The molecule has 0 aromatic heterocycles. The van der Waals surface area contributed by atoms with Crippen LogP contribution in [0.2, 0.25) is 5.02 Å². The van der Waals surface area contributed by atoms with Crippen molar-refractivity contribution in [1.29, 1.82) is 0 Å². The van der Waals surface area contributed by atoms with Gasteiger partial charge in [-0.2, -0.15) is 0 Å². The lowest BCUT2D eigenvalue weighted by Crippen LogP contribution is -2.33. The zero-order valence-corrected chi connectivity index (χ0v) is 11.0. The van der Waals surface area contributed by atoms with Gasteiger partial charge in [0.15, 0.2) is 0 Å². The summed E-state index contributed by atoms with van der Waals surface area (Å²) in [6.45, 7) is 4.29. The van der Waals surface area contributed by atoms with E-state index in [1.807, 2.05) is 0 Å². The average Bonchev–Trinajstić information content (AvgIpc) is 2.68. The van der Waals surface area contributed by atoms with Crippen molar-refractivity contribution < 1.29 is 4.39 Å². The van der Waals surface area contributed by atoms with Crippen LogP contribution in [0.4, 0.5) is 4.39 Å². The Morgan fingerprint density at radius 1 is 1.53 bits per heavy atom. The molecular weight excluding hydrogens is 239 g/mol. The number of halogens is 2. The first-order chi connectivity index (χ1) is 8.06. The number of nitrogens with one attached hydrogen (secondary N) is 1. The van der Waals surface area contributed by atoms with E-state index in [1.165, 1.54) is 6.07 Å². The van der Waals surface area contributed by atoms with E-state index >= 15 is 0 Å². The molecule has 2 rings (SSSR count). The molecule has 1 aliphatic heterocycles. The second-order valence-electron chi connectivity index (χ2n) is 4.81. The molecule has 0 spiro atoms. The van der Waals surface area contributed by atoms with Gasteiger partial charge in [0.1, 0.15) is 5.82 Å². The quantitative estimate of drug-likeness (QED) is 0.895. The monoisotopic (exact) mass is 256 g/mol. The molecule has 0 saturated carbocycles. The van der Waals surface area contributed by atoms with E-state index in [-0.39, 0.29) is 16.9 Å². The first kappa shape index (κ1) is 12.8. The summed E-state index contributed by atoms with van der Waals surface area (Å²) < 4.78 is 13.1. The summed E-state index contributed by atoms with van der Waals surface area (Å²) in [7, 11) is 2.13. The van der Waals surface area contributed by atoms with Crippen molar-refractivity contribution in [2.45, 2.75) is 25.4 Å². The summed E-state index contributed by atoms with van der Waals surface area (Å²) in [5.74, 6) is -0.358. The Morgan fingerprint density at radius 3 is 2.88 bits per heavy atom. The topological polar surface area (TPSA) is 15.3 Å². The van der Waals surface area contributed by atoms with E-state index in [9.17, 15) is 4.39 Å². The smallest absolute Gasteiger partial charge is 0.141 e. The number of benzene rings is 1. The van der Waals surface area contributed by atoms with Crippen LogP contribution in [0.3, 0.4) is 0 Å². The van der Waals surface area contributed by atoms with E-state index in [2.05, 4.69) is 24.2 Å². The van der Waals surface area contributed by atoms with Crippen molar-refractivity contribution in [2.75, 3.05) is 20.1 Å². The van der Waals surface area contributed by atoms with E-state index in [4.69, 9.17) is 11.6 Å². The molecule has 1 aliphatic rings. The van der Waals surface area contributed by atoms with Crippen LogP contribution in [0, 0.1) is 5.82 Å². The van der Waals surface area contributed by atoms with Crippen LogP contribution in [-0.4, -0.2) is 31.1 Å². The van der Waals surface area contributed by atoms with Crippen LogP contribution in [0.1, 0.15) is 24.9 Å². The molecule has 1 fully saturated rings. The first-order valence-electron chi connectivity index (χ1n) is 5.96. The summed E-state index contributed by atoms with van der Waals surface area (Å²) in [5, 5.41) is 3.74. The molecule has 1 N–H and O–H groups in total. The number of hydrogen-bond donors (Lipinski definition) is 1. The normalized spacial score (nSPS) is 22.9. The Morgan fingerprint density at radius 2 is 2.29 bits per heavy atom. The van der Waals surface area contributed by atoms with Crippen LogP contribution >= 0.6 is 11.6 Å². The van der Waals surface area contributed by atoms with Gasteiger partial charge < -0.3 is 10.2 Å². The highest BCUT2D eigenvalue weighted by molar-refractivity contribution is 6.30. The highest BCUT2D eigenvalue weighted by Gasteiger charge is 2.21. The van der Waals surface area contributed by atoms with Crippen molar-refractivity contribution in [2.24, 2.45) is 0 Å². The maximum absolute atomic E-state index is 13.1. The van der Waals surface area contributed by atoms with E-state index in [0.29, 0.717) is 6.04 Å². The maximum atomic E-state index is 13.1. The number of nitrogens with zero attached hydrogens (tertiary/aromatic N) is 1. The van der Waals surface area contributed by atoms with Crippen LogP contribution in [-0.2, 0) is 0 Å². The van der Waals surface area contributed by atoms with Crippen molar-refractivity contribution in [3.8, 4) is 0 Å². The summed E-state index contributed by atoms with van der Waals surface area (Å²) >= 11 is 5.79. The SMILES string of the molecule is CC(NC1CCN(C)C1)c1ccc(F)c(Cl)c1. The Kier molecular flexibility index (Phi) is 4.02. The summed E-state index contributed by atoms with van der Waals surface area (Å²) in [5.41, 5.74) is 1.03. The second-order valence-corrected chi connectivity index (χ2v) is 5.22. The molecule has 4 heteroatoms. The minimum absolute atomic E-state index is 0.194. The third kappa shape index (κ3) is 3.18. The molecule has 2 atom stereocenters. The Bertz CT molecular complexity index is 397. The molecule has 1 heterocycles. The summed E-state index contributed by atoms with van der Waals surface area (Å²) in [4.78, 5) is 2.31. The van der Waals surface area contributed by atoms with E-state index in [0.717, 1.165) is 25.1 Å².